The quantitative estimate of drug-likeness (QED) is 0.588. The minimum absolute atomic E-state index is 0.0533. The zero-order valence-electron chi connectivity index (χ0n) is 9.15. The smallest absolute Gasteiger partial charge is 0.202 e. The zero-order chi connectivity index (χ0) is 10.6. The van der Waals surface area contributed by atoms with Gasteiger partial charge in [0, 0.05) is 6.42 Å². The van der Waals surface area contributed by atoms with Crippen molar-refractivity contribution < 1.29 is 8.78 Å². The molecule has 1 atom stereocenters. The maximum Gasteiger partial charge on any atom is 0.269 e. The van der Waals surface area contributed by atoms with E-state index >= 15 is 0 Å². The normalized spacial score (nSPS) is 26.4. The summed E-state index contributed by atoms with van der Waals surface area (Å²) in [4.78, 5) is 0. The van der Waals surface area contributed by atoms with E-state index in [0.717, 1.165) is 19.3 Å². The highest BCUT2D eigenvalue weighted by atomic mass is 19.3. The van der Waals surface area contributed by atoms with Crippen LogP contribution in [0, 0.1) is 5.92 Å². The first-order valence-corrected chi connectivity index (χ1v) is 5.65. The van der Waals surface area contributed by atoms with E-state index in [1.165, 1.54) is 0 Å². The average Bonchev–Trinajstić information content (AvgIpc) is 2.09. The van der Waals surface area contributed by atoms with Gasteiger partial charge in [-0.3, -0.25) is 0 Å². The van der Waals surface area contributed by atoms with Crippen molar-refractivity contribution in [3.8, 4) is 0 Å². The molecule has 0 aromatic rings. The van der Waals surface area contributed by atoms with E-state index in [1.807, 2.05) is 13.0 Å². The second-order valence-electron chi connectivity index (χ2n) is 4.37. The van der Waals surface area contributed by atoms with Gasteiger partial charge in [-0.05, 0) is 37.2 Å². The average molecular weight is 202 g/mol. The Morgan fingerprint density at radius 1 is 1.43 bits per heavy atom. The molecule has 0 spiro atoms. The van der Waals surface area contributed by atoms with Crippen molar-refractivity contribution in [1.82, 2.24) is 0 Å². The molecule has 0 bridgehead atoms. The van der Waals surface area contributed by atoms with Crippen LogP contribution in [-0.2, 0) is 0 Å². The summed E-state index contributed by atoms with van der Waals surface area (Å²) in [5.41, 5.74) is 0.393. The van der Waals surface area contributed by atoms with Crippen LogP contribution in [0.1, 0.15) is 52.4 Å². The monoisotopic (exact) mass is 202 g/mol. The zero-order valence-corrected chi connectivity index (χ0v) is 9.15. The van der Waals surface area contributed by atoms with Crippen LogP contribution < -0.4 is 0 Å². The van der Waals surface area contributed by atoms with Gasteiger partial charge in [0.15, 0.2) is 0 Å². The molecule has 0 amide bonds. The Kier molecular flexibility index (Phi) is 4.09. The summed E-state index contributed by atoms with van der Waals surface area (Å²) in [6.45, 7) is 4.12. The molecule has 0 aromatic carbocycles. The first kappa shape index (κ1) is 11.7. The van der Waals surface area contributed by atoms with Crippen LogP contribution in [0.25, 0.3) is 0 Å². The van der Waals surface area contributed by atoms with Crippen molar-refractivity contribution in [3.05, 3.63) is 11.6 Å². The highest BCUT2D eigenvalue weighted by Gasteiger charge is 2.35. The molecule has 2 heteroatoms. The molecule has 14 heavy (non-hydrogen) atoms. The first-order valence-electron chi connectivity index (χ1n) is 5.65. The molecule has 0 saturated heterocycles. The standard InChI is InChI=1S/C12H20F2/c1-3-6-10(2)9-11-7-4-5-8-12(11,13)14/h9-10H,3-8H2,1-2H3/b11-9+. The van der Waals surface area contributed by atoms with Gasteiger partial charge in [0.1, 0.15) is 0 Å². The molecule has 0 N–H and O–H groups in total. The summed E-state index contributed by atoms with van der Waals surface area (Å²) in [6.07, 6.45) is 6.14. The van der Waals surface area contributed by atoms with Crippen LogP contribution in [0.15, 0.2) is 11.6 Å². The number of halogens is 2. The summed E-state index contributed by atoms with van der Waals surface area (Å²) in [6, 6.07) is 0. The van der Waals surface area contributed by atoms with Gasteiger partial charge in [0.25, 0.3) is 5.92 Å². The Bertz CT molecular complexity index is 206. The molecule has 82 valence electrons. The minimum Gasteiger partial charge on any atom is -0.202 e. The Morgan fingerprint density at radius 3 is 2.71 bits per heavy atom. The van der Waals surface area contributed by atoms with Crippen LogP contribution in [-0.4, -0.2) is 5.92 Å². The molecule has 0 heterocycles. The van der Waals surface area contributed by atoms with Crippen molar-refractivity contribution in [1.29, 1.82) is 0 Å². The van der Waals surface area contributed by atoms with E-state index in [1.54, 1.807) is 0 Å². The summed E-state index contributed by atoms with van der Waals surface area (Å²) in [5, 5.41) is 0. The lowest BCUT2D eigenvalue weighted by Gasteiger charge is -2.26. The number of allylic oxidation sites excluding steroid dienone is 2. The van der Waals surface area contributed by atoms with Gasteiger partial charge in [0.05, 0.1) is 0 Å². The molecule has 0 aromatic heterocycles. The number of hydrogen-bond acceptors (Lipinski definition) is 0. The third-order valence-electron chi connectivity index (χ3n) is 2.89. The molecular formula is C12H20F2. The molecule has 0 radical (unpaired) electrons. The van der Waals surface area contributed by atoms with Gasteiger partial charge in [-0.2, -0.15) is 0 Å². The molecule has 1 aliphatic rings. The maximum absolute atomic E-state index is 13.4. The third kappa shape index (κ3) is 3.07. The largest absolute Gasteiger partial charge is 0.269 e. The molecule has 1 fully saturated rings. The summed E-state index contributed by atoms with van der Waals surface area (Å²) in [7, 11) is 0. The molecule has 1 aliphatic carbocycles. The van der Waals surface area contributed by atoms with E-state index in [0.29, 0.717) is 24.3 Å². The summed E-state index contributed by atoms with van der Waals surface area (Å²) in [5.74, 6) is -2.21. The Hall–Kier alpha value is -0.400. The van der Waals surface area contributed by atoms with Gasteiger partial charge in [-0.25, -0.2) is 8.78 Å². The van der Waals surface area contributed by atoms with Gasteiger partial charge in [0.2, 0.25) is 0 Å². The van der Waals surface area contributed by atoms with E-state index in [-0.39, 0.29) is 6.42 Å². The lowest BCUT2D eigenvalue weighted by atomic mass is 9.88. The fourth-order valence-electron chi connectivity index (χ4n) is 2.09. The van der Waals surface area contributed by atoms with Gasteiger partial charge in [-0.1, -0.05) is 26.3 Å². The van der Waals surface area contributed by atoms with Gasteiger partial charge in [-0.15, -0.1) is 0 Å². The fraction of sp³-hybridized carbons (Fsp3) is 0.833. The number of alkyl halides is 2. The Labute approximate surface area is 85.4 Å². The minimum atomic E-state index is -2.51. The lowest BCUT2D eigenvalue weighted by Crippen LogP contribution is -2.23. The predicted molar refractivity (Wildman–Crippen MR) is 55.6 cm³/mol. The maximum atomic E-state index is 13.4. The van der Waals surface area contributed by atoms with Crippen LogP contribution in [0.2, 0.25) is 0 Å². The van der Waals surface area contributed by atoms with E-state index < -0.39 is 5.92 Å². The van der Waals surface area contributed by atoms with Crippen molar-refractivity contribution in [2.45, 2.75) is 58.3 Å². The predicted octanol–water partition coefficient (Wildman–Crippen LogP) is 4.56. The Balaban J connectivity index is 2.63. The number of rotatable bonds is 3. The van der Waals surface area contributed by atoms with E-state index in [2.05, 4.69) is 6.92 Å². The lowest BCUT2D eigenvalue weighted by molar-refractivity contribution is 0.0146. The van der Waals surface area contributed by atoms with Crippen molar-refractivity contribution in [3.63, 3.8) is 0 Å². The molecule has 1 saturated carbocycles. The van der Waals surface area contributed by atoms with Crippen LogP contribution >= 0.6 is 0 Å². The first-order chi connectivity index (χ1) is 6.56. The van der Waals surface area contributed by atoms with Crippen molar-refractivity contribution in [2.24, 2.45) is 5.92 Å². The van der Waals surface area contributed by atoms with E-state index in [9.17, 15) is 8.78 Å². The molecule has 0 aliphatic heterocycles. The molecule has 1 unspecified atom stereocenters. The second-order valence-corrected chi connectivity index (χ2v) is 4.37. The summed E-state index contributed by atoms with van der Waals surface area (Å²) >= 11 is 0. The molecule has 1 rings (SSSR count). The van der Waals surface area contributed by atoms with Crippen molar-refractivity contribution >= 4 is 0 Å². The molecule has 0 nitrogen and oxygen atoms in total. The third-order valence-corrected chi connectivity index (χ3v) is 2.89. The van der Waals surface area contributed by atoms with Crippen LogP contribution in [0.5, 0.6) is 0 Å². The SMILES string of the molecule is CCCC(C)/C=C1\CCCCC1(F)F. The Morgan fingerprint density at radius 2 is 2.14 bits per heavy atom. The second kappa shape index (κ2) is 4.90. The van der Waals surface area contributed by atoms with Gasteiger partial charge >= 0.3 is 0 Å². The highest BCUT2D eigenvalue weighted by molar-refractivity contribution is 5.16. The van der Waals surface area contributed by atoms with Crippen LogP contribution in [0.3, 0.4) is 0 Å². The fourth-order valence-corrected chi connectivity index (χ4v) is 2.09. The van der Waals surface area contributed by atoms with Crippen LogP contribution in [0.4, 0.5) is 8.78 Å². The summed E-state index contributed by atoms with van der Waals surface area (Å²) < 4.78 is 26.8. The van der Waals surface area contributed by atoms with Gasteiger partial charge < -0.3 is 0 Å². The van der Waals surface area contributed by atoms with Crippen molar-refractivity contribution in [2.75, 3.05) is 0 Å². The molecular weight excluding hydrogens is 182 g/mol. The van der Waals surface area contributed by atoms with E-state index in [4.69, 9.17) is 0 Å². The topological polar surface area (TPSA) is 0 Å². The highest BCUT2D eigenvalue weighted by Crippen LogP contribution is 2.38. The number of hydrogen-bond donors (Lipinski definition) is 0.